The van der Waals surface area contributed by atoms with Gasteiger partial charge in [0.1, 0.15) is 6.23 Å². The molecular formula is C12H26N2O3. The second-order valence-corrected chi connectivity index (χ2v) is 5.17. The van der Waals surface area contributed by atoms with Gasteiger partial charge in [0, 0.05) is 19.7 Å². The molecule has 0 bridgehead atoms. The molecule has 1 aliphatic rings. The van der Waals surface area contributed by atoms with Gasteiger partial charge in [-0.15, -0.1) is 0 Å². The van der Waals surface area contributed by atoms with Crippen LogP contribution in [0.4, 0.5) is 0 Å². The van der Waals surface area contributed by atoms with Gasteiger partial charge in [0.05, 0.1) is 6.04 Å². The van der Waals surface area contributed by atoms with E-state index in [0.717, 1.165) is 19.4 Å². The maximum atomic E-state index is 10.4. The van der Waals surface area contributed by atoms with Gasteiger partial charge in [0.2, 0.25) is 6.41 Å². The minimum atomic E-state index is -1.03. The van der Waals surface area contributed by atoms with Crippen molar-refractivity contribution >= 4 is 0 Å². The number of likely N-dealkylation sites (tertiary alicyclic amines) is 1. The standard InChI is InChI=1S/C12H26N2O3/c1-8(2)10(13-12(16)17-4)11(15)14-7-5-6-9(14)3/h8-13,15-16H,5-7H2,1-4H3/t9-,10+,11?,12?/m1/s1. The van der Waals surface area contributed by atoms with Crippen LogP contribution in [-0.2, 0) is 4.74 Å². The normalized spacial score (nSPS) is 27.4. The predicted octanol–water partition coefficient (Wildman–Crippen LogP) is 0.326. The summed E-state index contributed by atoms with van der Waals surface area (Å²) in [6.07, 6.45) is 0.622. The third-order valence-electron chi connectivity index (χ3n) is 3.54. The Kier molecular flexibility index (Phi) is 5.82. The number of methoxy groups -OCH3 is 1. The third-order valence-corrected chi connectivity index (χ3v) is 3.54. The van der Waals surface area contributed by atoms with Gasteiger partial charge >= 0.3 is 0 Å². The quantitative estimate of drug-likeness (QED) is 0.589. The molecule has 3 N–H and O–H groups in total. The molecule has 17 heavy (non-hydrogen) atoms. The van der Waals surface area contributed by atoms with E-state index in [2.05, 4.69) is 17.1 Å². The lowest BCUT2D eigenvalue weighted by molar-refractivity contribution is -0.131. The third kappa shape index (κ3) is 3.89. The lowest BCUT2D eigenvalue weighted by atomic mass is 10.0. The van der Waals surface area contributed by atoms with Crippen LogP contribution in [-0.4, -0.2) is 53.5 Å². The number of aliphatic hydroxyl groups is 2. The molecule has 1 saturated heterocycles. The van der Waals surface area contributed by atoms with Gasteiger partial charge < -0.3 is 14.9 Å². The van der Waals surface area contributed by atoms with Crippen molar-refractivity contribution in [1.82, 2.24) is 10.2 Å². The molecule has 1 aliphatic heterocycles. The van der Waals surface area contributed by atoms with Crippen molar-refractivity contribution in [2.75, 3.05) is 13.7 Å². The molecule has 0 aliphatic carbocycles. The molecule has 0 aromatic carbocycles. The molecule has 0 amide bonds. The van der Waals surface area contributed by atoms with Gasteiger partial charge in [0.25, 0.3) is 0 Å². The minimum Gasteiger partial charge on any atom is -0.377 e. The number of hydrogen-bond acceptors (Lipinski definition) is 5. The van der Waals surface area contributed by atoms with E-state index < -0.39 is 12.6 Å². The molecule has 0 radical (unpaired) electrons. The number of hydrogen-bond donors (Lipinski definition) is 3. The molecule has 4 atom stereocenters. The summed E-state index contributed by atoms with van der Waals surface area (Å²) in [5, 5.41) is 22.8. The number of aliphatic hydroxyl groups excluding tert-OH is 2. The van der Waals surface area contributed by atoms with Crippen LogP contribution in [0.15, 0.2) is 0 Å². The van der Waals surface area contributed by atoms with E-state index in [-0.39, 0.29) is 12.0 Å². The van der Waals surface area contributed by atoms with E-state index in [1.807, 2.05) is 13.8 Å². The number of nitrogens with one attached hydrogen (secondary N) is 1. The fraction of sp³-hybridized carbons (Fsp3) is 1.00. The molecule has 5 nitrogen and oxygen atoms in total. The summed E-state index contributed by atoms with van der Waals surface area (Å²) >= 11 is 0. The molecular weight excluding hydrogens is 220 g/mol. The highest BCUT2D eigenvalue weighted by molar-refractivity contribution is 4.85. The van der Waals surface area contributed by atoms with Crippen molar-refractivity contribution in [2.45, 2.75) is 58.3 Å². The first-order valence-corrected chi connectivity index (χ1v) is 6.38. The van der Waals surface area contributed by atoms with E-state index >= 15 is 0 Å². The SMILES string of the molecule is COC(O)N[C@@H](C(C)C)C(O)N1CCC[C@H]1C. The number of rotatable bonds is 6. The van der Waals surface area contributed by atoms with Crippen LogP contribution in [0.2, 0.25) is 0 Å². The van der Waals surface area contributed by atoms with Gasteiger partial charge in [-0.2, -0.15) is 0 Å². The van der Waals surface area contributed by atoms with Crippen LogP contribution in [0.1, 0.15) is 33.6 Å². The monoisotopic (exact) mass is 246 g/mol. The van der Waals surface area contributed by atoms with Crippen LogP contribution < -0.4 is 5.32 Å². The smallest absolute Gasteiger partial charge is 0.213 e. The second-order valence-electron chi connectivity index (χ2n) is 5.17. The van der Waals surface area contributed by atoms with Crippen molar-refractivity contribution in [3.8, 4) is 0 Å². The summed E-state index contributed by atoms with van der Waals surface area (Å²) in [4.78, 5) is 2.08. The van der Waals surface area contributed by atoms with Crippen molar-refractivity contribution in [3.63, 3.8) is 0 Å². The van der Waals surface area contributed by atoms with E-state index in [1.54, 1.807) is 0 Å². The zero-order chi connectivity index (χ0) is 13.0. The highest BCUT2D eigenvalue weighted by Gasteiger charge is 2.34. The zero-order valence-electron chi connectivity index (χ0n) is 11.3. The summed E-state index contributed by atoms with van der Waals surface area (Å²) in [6.45, 7) is 7.07. The number of ether oxygens (including phenoxy) is 1. The average molecular weight is 246 g/mol. The van der Waals surface area contributed by atoms with Crippen LogP contribution >= 0.6 is 0 Å². The Morgan fingerprint density at radius 1 is 1.35 bits per heavy atom. The van der Waals surface area contributed by atoms with E-state index in [1.165, 1.54) is 7.11 Å². The van der Waals surface area contributed by atoms with Crippen LogP contribution in [0.25, 0.3) is 0 Å². The van der Waals surface area contributed by atoms with Gasteiger partial charge in [0.15, 0.2) is 0 Å². The first kappa shape index (κ1) is 14.9. The maximum absolute atomic E-state index is 10.4. The van der Waals surface area contributed by atoms with Crippen molar-refractivity contribution in [1.29, 1.82) is 0 Å². The Morgan fingerprint density at radius 2 is 2.00 bits per heavy atom. The number of nitrogens with zero attached hydrogens (tertiary/aromatic N) is 1. The lowest BCUT2D eigenvalue weighted by Gasteiger charge is -2.36. The molecule has 1 fully saturated rings. The van der Waals surface area contributed by atoms with Gasteiger partial charge in [-0.3, -0.25) is 10.2 Å². The molecule has 0 saturated carbocycles. The molecule has 5 heteroatoms. The van der Waals surface area contributed by atoms with Crippen LogP contribution in [0, 0.1) is 5.92 Å². The predicted molar refractivity (Wildman–Crippen MR) is 66.2 cm³/mol. The van der Waals surface area contributed by atoms with E-state index in [4.69, 9.17) is 4.74 Å². The Morgan fingerprint density at radius 3 is 2.41 bits per heavy atom. The molecule has 1 rings (SSSR count). The summed E-state index contributed by atoms with van der Waals surface area (Å²) < 4.78 is 4.79. The zero-order valence-corrected chi connectivity index (χ0v) is 11.3. The van der Waals surface area contributed by atoms with Gasteiger partial charge in [-0.05, 0) is 25.7 Å². The summed E-state index contributed by atoms with van der Waals surface area (Å²) in [5.74, 6) is 0.211. The van der Waals surface area contributed by atoms with Gasteiger partial charge in [-0.1, -0.05) is 13.8 Å². The Labute approximate surface area is 104 Å². The summed E-state index contributed by atoms with van der Waals surface area (Å²) in [6, 6.07) is 0.193. The molecule has 0 aromatic rings. The maximum Gasteiger partial charge on any atom is 0.213 e. The lowest BCUT2D eigenvalue weighted by Crippen LogP contribution is -2.56. The first-order valence-electron chi connectivity index (χ1n) is 6.38. The Balaban J connectivity index is 2.62. The van der Waals surface area contributed by atoms with Crippen molar-refractivity contribution in [3.05, 3.63) is 0 Å². The van der Waals surface area contributed by atoms with Crippen LogP contribution in [0.3, 0.4) is 0 Å². The molecule has 0 spiro atoms. The molecule has 1 heterocycles. The van der Waals surface area contributed by atoms with Crippen molar-refractivity contribution in [2.24, 2.45) is 5.92 Å². The molecule has 102 valence electrons. The topological polar surface area (TPSA) is 65.0 Å². The summed E-state index contributed by atoms with van der Waals surface area (Å²) in [5.41, 5.74) is 0. The minimum absolute atomic E-state index is 0.203. The average Bonchev–Trinajstić information content (AvgIpc) is 2.70. The highest BCUT2D eigenvalue weighted by atomic mass is 16.6. The highest BCUT2D eigenvalue weighted by Crippen LogP contribution is 2.22. The fourth-order valence-electron chi connectivity index (χ4n) is 2.41. The van der Waals surface area contributed by atoms with Crippen LogP contribution in [0.5, 0.6) is 0 Å². The second kappa shape index (κ2) is 6.66. The van der Waals surface area contributed by atoms with Crippen molar-refractivity contribution < 1.29 is 14.9 Å². The Hall–Kier alpha value is -0.200. The van der Waals surface area contributed by atoms with E-state index in [9.17, 15) is 10.2 Å². The first-order chi connectivity index (χ1) is 7.97. The fourth-order valence-corrected chi connectivity index (χ4v) is 2.41. The van der Waals surface area contributed by atoms with Gasteiger partial charge in [-0.25, -0.2) is 0 Å². The largest absolute Gasteiger partial charge is 0.377 e. The Bertz CT molecular complexity index is 226. The molecule has 2 unspecified atom stereocenters. The molecule has 0 aromatic heterocycles. The van der Waals surface area contributed by atoms with E-state index in [0.29, 0.717) is 6.04 Å². The summed E-state index contributed by atoms with van der Waals surface area (Å²) in [7, 11) is 1.43.